The van der Waals surface area contributed by atoms with Gasteiger partial charge in [0.15, 0.2) is 5.82 Å². The molecule has 0 unspecified atom stereocenters. The van der Waals surface area contributed by atoms with E-state index < -0.39 is 5.60 Å². The van der Waals surface area contributed by atoms with Gasteiger partial charge in [-0.3, -0.25) is 0 Å². The number of rotatable bonds is 6. The van der Waals surface area contributed by atoms with E-state index in [0.717, 1.165) is 37.4 Å². The summed E-state index contributed by atoms with van der Waals surface area (Å²) in [5.41, 5.74) is 6.90. The Balaban J connectivity index is 1.42. The van der Waals surface area contributed by atoms with E-state index in [0.29, 0.717) is 48.2 Å². The van der Waals surface area contributed by atoms with Gasteiger partial charge in [0.25, 0.3) is 0 Å². The molecule has 5 rings (SSSR count). The first-order valence-corrected chi connectivity index (χ1v) is 12.0. The molecule has 2 aromatic heterocycles. The van der Waals surface area contributed by atoms with Crippen molar-refractivity contribution < 1.29 is 9.50 Å². The van der Waals surface area contributed by atoms with Crippen molar-refractivity contribution in [2.75, 3.05) is 43.4 Å². The molecule has 180 valence electrons. The van der Waals surface area contributed by atoms with Crippen LogP contribution in [0.4, 0.5) is 16.0 Å². The summed E-state index contributed by atoms with van der Waals surface area (Å²) in [7, 11) is 0. The Labute approximate surface area is 203 Å². The molecule has 0 spiro atoms. The molecule has 8 nitrogen and oxygen atoms in total. The van der Waals surface area contributed by atoms with Crippen LogP contribution in [0.3, 0.4) is 0 Å². The van der Waals surface area contributed by atoms with Crippen LogP contribution in [0.25, 0.3) is 11.3 Å². The lowest BCUT2D eigenvalue weighted by molar-refractivity contribution is -0.000709. The van der Waals surface area contributed by atoms with Crippen LogP contribution in [0.2, 0.25) is 5.02 Å². The second-order valence-corrected chi connectivity index (χ2v) is 9.60. The molecule has 3 aromatic rings. The summed E-state index contributed by atoms with van der Waals surface area (Å²) >= 11 is 6.32. The highest BCUT2D eigenvalue weighted by Gasteiger charge is 2.39. The average Bonchev–Trinajstić information content (AvgIpc) is 3.22. The first kappa shape index (κ1) is 23.0. The summed E-state index contributed by atoms with van der Waals surface area (Å²) in [5, 5.41) is 12.1. The standard InChI is InChI=1S/C24H29ClFN7O/c1-16-13-17(3-4-18(16)26)19-14-33(12-11-31-7-2-8-31)23(30-19)24(34)5-9-32(10-6-24)22-20(25)21(27)28-15-29-22/h3-4,13-15,34H,2,5-12H2,1H3,(H2,27,28,29). The zero-order valence-electron chi connectivity index (χ0n) is 19.2. The number of nitrogens with zero attached hydrogens (tertiary/aromatic N) is 6. The number of hydrogen-bond donors (Lipinski definition) is 2. The van der Waals surface area contributed by atoms with Crippen LogP contribution in [0.15, 0.2) is 30.7 Å². The number of nitrogens with two attached hydrogens (primary N) is 1. The highest BCUT2D eigenvalue weighted by Crippen LogP contribution is 2.37. The maximum absolute atomic E-state index is 13.8. The molecule has 0 bridgehead atoms. The summed E-state index contributed by atoms with van der Waals surface area (Å²) in [4.78, 5) is 17.5. The van der Waals surface area contributed by atoms with Crippen molar-refractivity contribution in [1.82, 2.24) is 24.4 Å². The van der Waals surface area contributed by atoms with Gasteiger partial charge in [-0.05, 0) is 50.2 Å². The van der Waals surface area contributed by atoms with E-state index in [1.807, 2.05) is 11.1 Å². The maximum atomic E-state index is 13.8. The minimum absolute atomic E-state index is 0.240. The van der Waals surface area contributed by atoms with Crippen molar-refractivity contribution in [1.29, 1.82) is 0 Å². The van der Waals surface area contributed by atoms with E-state index in [2.05, 4.69) is 19.4 Å². The van der Waals surface area contributed by atoms with Gasteiger partial charge < -0.3 is 25.2 Å². The van der Waals surface area contributed by atoms with Crippen LogP contribution < -0.4 is 10.6 Å². The van der Waals surface area contributed by atoms with Gasteiger partial charge in [0.05, 0.1) is 5.69 Å². The quantitative estimate of drug-likeness (QED) is 0.553. The van der Waals surface area contributed by atoms with Gasteiger partial charge >= 0.3 is 0 Å². The molecule has 0 atom stereocenters. The van der Waals surface area contributed by atoms with Crippen molar-refractivity contribution in [2.45, 2.75) is 38.3 Å². The van der Waals surface area contributed by atoms with E-state index in [9.17, 15) is 9.50 Å². The van der Waals surface area contributed by atoms with Crippen LogP contribution in [0, 0.1) is 12.7 Å². The Hall–Kier alpha value is -2.75. The van der Waals surface area contributed by atoms with Crippen molar-refractivity contribution >= 4 is 23.2 Å². The Morgan fingerprint density at radius 1 is 1.15 bits per heavy atom. The number of benzene rings is 1. The molecule has 2 fully saturated rings. The third-order valence-corrected chi connectivity index (χ3v) is 7.30. The van der Waals surface area contributed by atoms with Gasteiger partial charge in [-0.15, -0.1) is 0 Å². The van der Waals surface area contributed by atoms with Gasteiger partial charge in [0, 0.05) is 50.8 Å². The molecule has 0 aliphatic carbocycles. The van der Waals surface area contributed by atoms with Crippen molar-refractivity contribution in [3.8, 4) is 11.3 Å². The Morgan fingerprint density at radius 2 is 1.91 bits per heavy atom. The second-order valence-electron chi connectivity index (χ2n) is 9.22. The van der Waals surface area contributed by atoms with Gasteiger partial charge in [-0.1, -0.05) is 11.6 Å². The summed E-state index contributed by atoms with van der Waals surface area (Å²) < 4.78 is 15.9. The lowest BCUT2D eigenvalue weighted by atomic mass is 9.90. The van der Waals surface area contributed by atoms with Crippen molar-refractivity contribution in [2.24, 2.45) is 0 Å². The molecular formula is C24H29ClFN7O. The van der Waals surface area contributed by atoms with E-state index in [4.69, 9.17) is 22.3 Å². The molecule has 0 amide bonds. The smallest absolute Gasteiger partial charge is 0.153 e. The Bertz CT molecular complexity index is 1190. The third kappa shape index (κ3) is 4.35. The highest BCUT2D eigenvalue weighted by atomic mass is 35.5. The SMILES string of the molecule is Cc1cc(-c2cn(CCN3CCC3)c(C3(O)CCN(c4ncnc(N)c4Cl)CC3)n2)ccc1F. The number of imidazole rings is 1. The van der Waals surface area contributed by atoms with E-state index in [1.54, 1.807) is 19.1 Å². The van der Waals surface area contributed by atoms with Crippen LogP contribution in [0.5, 0.6) is 0 Å². The number of aromatic nitrogens is 4. The lowest BCUT2D eigenvalue weighted by Crippen LogP contribution is -2.45. The molecule has 2 aliphatic rings. The molecule has 3 N–H and O–H groups in total. The van der Waals surface area contributed by atoms with Gasteiger partial charge in [0.2, 0.25) is 0 Å². The predicted octanol–water partition coefficient (Wildman–Crippen LogP) is 3.22. The molecule has 34 heavy (non-hydrogen) atoms. The maximum Gasteiger partial charge on any atom is 0.153 e. The first-order chi connectivity index (χ1) is 16.3. The molecule has 0 radical (unpaired) electrons. The second kappa shape index (κ2) is 9.13. The zero-order chi connectivity index (χ0) is 23.9. The molecule has 4 heterocycles. The van der Waals surface area contributed by atoms with Gasteiger partial charge in [0.1, 0.15) is 34.4 Å². The Morgan fingerprint density at radius 3 is 2.59 bits per heavy atom. The summed E-state index contributed by atoms with van der Waals surface area (Å²) in [6.07, 6.45) is 5.55. The van der Waals surface area contributed by atoms with Crippen LogP contribution in [0.1, 0.15) is 30.7 Å². The minimum Gasteiger partial charge on any atom is -0.382 e. The largest absolute Gasteiger partial charge is 0.382 e. The predicted molar refractivity (Wildman–Crippen MR) is 130 cm³/mol. The molecule has 1 aromatic carbocycles. The number of piperidine rings is 1. The molecule has 0 saturated carbocycles. The molecule has 10 heteroatoms. The fraction of sp³-hybridized carbons (Fsp3) is 0.458. The van der Waals surface area contributed by atoms with Crippen LogP contribution >= 0.6 is 11.6 Å². The monoisotopic (exact) mass is 485 g/mol. The Kier molecular flexibility index (Phi) is 6.18. The third-order valence-electron chi connectivity index (χ3n) is 6.94. The van der Waals surface area contributed by atoms with E-state index in [1.165, 1.54) is 18.8 Å². The fourth-order valence-electron chi connectivity index (χ4n) is 4.66. The lowest BCUT2D eigenvalue weighted by Gasteiger charge is -2.39. The first-order valence-electron chi connectivity index (χ1n) is 11.6. The van der Waals surface area contributed by atoms with Gasteiger partial charge in [-0.25, -0.2) is 19.3 Å². The number of halogens is 2. The minimum atomic E-state index is -1.09. The van der Waals surface area contributed by atoms with Crippen LogP contribution in [-0.2, 0) is 12.1 Å². The highest BCUT2D eigenvalue weighted by molar-refractivity contribution is 6.35. The normalized spacial score (nSPS) is 18.2. The summed E-state index contributed by atoms with van der Waals surface area (Å²) in [6.45, 7) is 6.71. The summed E-state index contributed by atoms with van der Waals surface area (Å²) in [5.74, 6) is 1.24. The topological polar surface area (TPSA) is 96.3 Å². The zero-order valence-corrected chi connectivity index (χ0v) is 20.0. The number of aliphatic hydroxyl groups is 1. The number of anilines is 2. The number of likely N-dealkylation sites (tertiary alicyclic amines) is 1. The number of nitrogen functional groups attached to an aromatic ring is 1. The van der Waals surface area contributed by atoms with Crippen molar-refractivity contribution in [3.63, 3.8) is 0 Å². The number of hydrogen-bond acceptors (Lipinski definition) is 7. The van der Waals surface area contributed by atoms with Gasteiger partial charge in [-0.2, -0.15) is 0 Å². The number of aryl methyl sites for hydroxylation is 1. The molecule has 2 saturated heterocycles. The van der Waals surface area contributed by atoms with E-state index in [-0.39, 0.29) is 11.6 Å². The fourth-order valence-corrected chi connectivity index (χ4v) is 4.88. The van der Waals surface area contributed by atoms with E-state index >= 15 is 0 Å². The molecule has 2 aliphatic heterocycles. The average molecular weight is 486 g/mol. The summed E-state index contributed by atoms with van der Waals surface area (Å²) in [6, 6.07) is 5.01. The van der Waals surface area contributed by atoms with Crippen LogP contribution in [-0.4, -0.2) is 62.2 Å². The molecular weight excluding hydrogens is 457 g/mol. The van der Waals surface area contributed by atoms with Crippen molar-refractivity contribution in [3.05, 3.63) is 53.0 Å².